The first kappa shape index (κ1) is 16.9. The number of hydrogen-bond donors (Lipinski definition) is 2. The Morgan fingerprint density at radius 3 is 2.85 bits per heavy atom. The molecule has 0 aliphatic heterocycles. The average molecular weight is 460 g/mol. The van der Waals surface area contributed by atoms with Gasteiger partial charge in [-0.1, -0.05) is 12.1 Å². The second-order valence-corrected chi connectivity index (χ2v) is 6.86. The Balaban J connectivity index is 2.01. The maximum Gasteiger partial charge on any atom is 0.272 e. The van der Waals surface area contributed by atoms with Crippen molar-refractivity contribution >= 4 is 50.4 Å². The maximum absolute atomic E-state index is 13.1. The van der Waals surface area contributed by atoms with Gasteiger partial charge in [0.05, 0.1) is 29.3 Å². The van der Waals surface area contributed by atoms with Gasteiger partial charge in [-0.3, -0.25) is 9.59 Å². The van der Waals surface area contributed by atoms with Crippen molar-refractivity contribution in [1.82, 2.24) is 19.9 Å². The molecule has 0 fully saturated rings. The van der Waals surface area contributed by atoms with Crippen LogP contribution in [0.15, 0.2) is 41.5 Å². The number of ketones is 1. The number of nitrogens with one attached hydrogen (secondary N) is 2. The molecule has 0 radical (unpaired) electrons. The number of carbonyl (C=O) groups excluding carboxylic acids is 1. The highest BCUT2D eigenvalue weighted by atomic mass is 127. The Hall–Kier alpha value is -2.59. The van der Waals surface area contributed by atoms with Crippen LogP contribution in [-0.2, 0) is 11.3 Å². The normalized spacial score (nSPS) is 11.3. The number of nitrogens with zero attached hydrogens (tertiary/aromatic N) is 2. The molecule has 3 heterocycles. The maximum atomic E-state index is 13.1. The number of fused-ring (bicyclic) bond motifs is 3. The summed E-state index contributed by atoms with van der Waals surface area (Å²) < 4.78 is 5.90. The van der Waals surface area contributed by atoms with Crippen LogP contribution in [0.3, 0.4) is 0 Å². The molecule has 0 atom stereocenters. The number of H-pyrrole nitrogens is 2. The van der Waals surface area contributed by atoms with Crippen molar-refractivity contribution in [1.29, 1.82) is 0 Å². The number of benzene rings is 1. The van der Waals surface area contributed by atoms with E-state index >= 15 is 0 Å². The van der Waals surface area contributed by atoms with E-state index in [0.29, 0.717) is 33.2 Å². The molecule has 0 unspecified atom stereocenters. The minimum absolute atomic E-state index is 0.0827. The Morgan fingerprint density at radius 1 is 1.27 bits per heavy atom. The molecular formula is C18H13IN4O3. The molecule has 1 aromatic carbocycles. The van der Waals surface area contributed by atoms with Crippen LogP contribution < -0.4 is 5.56 Å². The zero-order valence-corrected chi connectivity index (χ0v) is 15.8. The molecular weight excluding hydrogens is 447 g/mol. The number of ether oxygens (including phenoxy) is 1. The summed E-state index contributed by atoms with van der Waals surface area (Å²) in [5.41, 5.74) is 2.51. The molecule has 2 N–H and O–H groups in total. The molecule has 0 aliphatic rings. The van der Waals surface area contributed by atoms with E-state index in [1.165, 1.54) is 13.3 Å². The van der Waals surface area contributed by atoms with Gasteiger partial charge in [-0.2, -0.15) is 0 Å². The summed E-state index contributed by atoms with van der Waals surface area (Å²) in [4.78, 5) is 39.7. The number of methoxy groups -OCH3 is 1. The van der Waals surface area contributed by atoms with Gasteiger partial charge in [0.25, 0.3) is 5.56 Å². The van der Waals surface area contributed by atoms with E-state index < -0.39 is 0 Å². The summed E-state index contributed by atoms with van der Waals surface area (Å²) >= 11 is 2.14. The third-order valence-electron chi connectivity index (χ3n) is 4.08. The van der Waals surface area contributed by atoms with Gasteiger partial charge >= 0.3 is 0 Å². The molecule has 0 bridgehead atoms. The van der Waals surface area contributed by atoms with Crippen molar-refractivity contribution in [2.75, 3.05) is 7.11 Å². The van der Waals surface area contributed by atoms with Crippen molar-refractivity contribution < 1.29 is 9.53 Å². The van der Waals surface area contributed by atoms with E-state index in [2.05, 4.69) is 42.5 Å². The van der Waals surface area contributed by atoms with E-state index in [1.54, 1.807) is 12.3 Å². The van der Waals surface area contributed by atoms with Gasteiger partial charge < -0.3 is 14.7 Å². The fraction of sp³-hybridized carbons (Fsp3) is 0.111. The SMILES string of the molecule is COCc1nc2c(cnc3[nH]cc(C(=O)c4ccccc4I)c32)[nH]c1=O. The first-order valence-electron chi connectivity index (χ1n) is 7.77. The van der Waals surface area contributed by atoms with E-state index in [9.17, 15) is 9.59 Å². The van der Waals surface area contributed by atoms with Crippen molar-refractivity contribution in [2.24, 2.45) is 0 Å². The van der Waals surface area contributed by atoms with E-state index in [-0.39, 0.29) is 23.6 Å². The zero-order valence-electron chi connectivity index (χ0n) is 13.7. The van der Waals surface area contributed by atoms with Crippen LogP contribution in [0.2, 0.25) is 0 Å². The number of aromatic nitrogens is 4. The van der Waals surface area contributed by atoms with Crippen LogP contribution in [0.25, 0.3) is 22.1 Å². The van der Waals surface area contributed by atoms with E-state index in [1.807, 2.05) is 18.2 Å². The van der Waals surface area contributed by atoms with Crippen LogP contribution in [-0.4, -0.2) is 32.8 Å². The highest BCUT2D eigenvalue weighted by Gasteiger charge is 2.20. The third kappa shape index (κ3) is 2.71. The molecule has 3 aromatic heterocycles. The topological polar surface area (TPSA) is 101 Å². The first-order chi connectivity index (χ1) is 12.6. The molecule has 130 valence electrons. The quantitative estimate of drug-likeness (QED) is 0.361. The molecule has 0 amide bonds. The van der Waals surface area contributed by atoms with Gasteiger partial charge in [-0.25, -0.2) is 9.97 Å². The van der Waals surface area contributed by atoms with Crippen molar-refractivity contribution in [3.8, 4) is 0 Å². The van der Waals surface area contributed by atoms with Crippen molar-refractivity contribution in [3.05, 3.63) is 67.4 Å². The summed E-state index contributed by atoms with van der Waals surface area (Å²) in [6, 6.07) is 7.37. The fourth-order valence-electron chi connectivity index (χ4n) is 2.87. The van der Waals surface area contributed by atoms with Gasteiger partial charge in [-0.15, -0.1) is 0 Å². The predicted octanol–water partition coefficient (Wildman–Crippen LogP) is 2.78. The van der Waals surface area contributed by atoms with Crippen LogP contribution in [0, 0.1) is 3.57 Å². The number of aromatic amines is 2. The number of hydrogen-bond acceptors (Lipinski definition) is 5. The number of halogens is 1. The zero-order chi connectivity index (χ0) is 18.3. The second-order valence-electron chi connectivity index (χ2n) is 5.70. The smallest absolute Gasteiger partial charge is 0.272 e. The highest BCUT2D eigenvalue weighted by molar-refractivity contribution is 14.1. The monoisotopic (exact) mass is 460 g/mol. The highest BCUT2D eigenvalue weighted by Crippen LogP contribution is 2.27. The predicted molar refractivity (Wildman–Crippen MR) is 105 cm³/mol. The summed E-state index contributed by atoms with van der Waals surface area (Å²) in [5.74, 6) is -0.128. The van der Waals surface area contributed by atoms with Crippen LogP contribution >= 0.6 is 22.6 Å². The summed E-state index contributed by atoms with van der Waals surface area (Å²) in [6.07, 6.45) is 3.16. The van der Waals surface area contributed by atoms with Crippen LogP contribution in [0.1, 0.15) is 21.6 Å². The summed E-state index contributed by atoms with van der Waals surface area (Å²) in [7, 11) is 1.50. The standard InChI is InChI=1S/C18H13IN4O3/c1-26-8-13-18(25)23-12-7-21-17-14(15(12)22-13)10(6-20-17)16(24)9-4-2-3-5-11(9)19/h2-7H,8H2,1H3,(H,20,21)(H,23,25). The lowest BCUT2D eigenvalue weighted by Crippen LogP contribution is -2.16. The molecule has 26 heavy (non-hydrogen) atoms. The van der Waals surface area contributed by atoms with Gasteiger partial charge in [-0.05, 0) is 34.7 Å². The minimum Gasteiger partial charge on any atom is -0.378 e. The fourth-order valence-corrected chi connectivity index (χ4v) is 3.50. The molecule has 4 aromatic rings. The second kappa shape index (κ2) is 6.61. The lowest BCUT2D eigenvalue weighted by molar-refractivity contribution is 0.103. The molecule has 7 nitrogen and oxygen atoms in total. The largest absolute Gasteiger partial charge is 0.378 e. The molecule has 0 saturated carbocycles. The third-order valence-corrected chi connectivity index (χ3v) is 5.02. The molecule has 8 heteroatoms. The summed E-state index contributed by atoms with van der Waals surface area (Å²) in [6.45, 7) is 0.0827. The van der Waals surface area contributed by atoms with Gasteiger partial charge in [0.2, 0.25) is 0 Å². The Labute approximate surface area is 161 Å². The molecule has 4 rings (SSSR count). The minimum atomic E-state index is -0.332. The van der Waals surface area contributed by atoms with E-state index in [4.69, 9.17) is 4.74 Å². The number of carbonyl (C=O) groups is 1. The molecule has 0 aliphatic carbocycles. The average Bonchev–Trinajstić information content (AvgIpc) is 3.07. The summed E-state index contributed by atoms with van der Waals surface area (Å²) in [5, 5.41) is 0.584. The number of pyridine rings is 1. The lowest BCUT2D eigenvalue weighted by atomic mass is 10.0. The molecule has 0 saturated heterocycles. The van der Waals surface area contributed by atoms with Crippen LogP contribution in [0.5, 0.6) is 0 Å². The van der Waals surface area contributed by atoms with Gasteiger partial charge in [0.1, 0.15) is 16.9 Å². The molecule has 0 spiro atoms. The van der Waals surface area contributed by atoms with Crippen LogP contribution in [0.4, 0.5) is 0 Å². The Morgan fingerprint density at radius 2 is 2.08 bits per heavy atom. The van der Waals surface area contributed by atoms with Gasteiger partial charge in [0.15, 0.2) is 5.78 Å². The van der Waals surface area contributed by atoms with Crippen molar-refractivity contribution in [3.63, 3.8) is 0 Å². The number of rotatable bonds is 4. The lowest BCUT2D eigenvalue weighted by Gasteiger charge is -2.05. The first-order valence-corrected chi connectivity index (χ1v) is 8.85. The Kier molecular flexibility index (Phi) is 4.29. The van der Waals surface area contributed by atoms with Crippen molar-refractivity contribution in [2.45, 2.75) is 6.61 Å². The van der Waals surface area contributed by atoms with E-state index in [0.717, 1.165) is 3.57 Å². The van der Waals surface area contributed by atoms with Gasteiger partial charge in [0, 0.05) is 22.4 Å². The Bertz CT molecular complexity index is 1210.